The van der Waals surface area contributed by atoms with E-state index in [0.29, 0.717) is 17.9 Å². The summed E-state index contributed by atoms with van der Waals surface area (Å²) < 4.78 is 28.4. The van der Waals surface area contributed by atoms with Gasteiger partial charge in [-0.05, 0) is 31.5 Å². The Hall–Kier alpha value is -2.02. The molecular weight excluding hydrogens is 304 g/mol. The van der Waals surface area contributed by atoms with Gasteiger partial charge in [0.05, 0.1) is 24.2 Å². The molecule has 1 aromatic carbocycles. The van der Waals surface area contributed by atoms with Gasteiger partial charge >= 0.3 is 0 Å². The number of hydrogen-bond donors (Lipinski definition) is 2. The molecule has 1 aliphatic heterocycles. The Bertz CT molecular complexity index is 840. The van der Waals surface area contributed by atoms with E-state index in [1.165, 1.54) is 0 Å². The predicted molar refractivity (Wildman–Crippen MR) is 84.0 cm³/mol. The maximum atomic E-state index is 12.4. The van der Waals surface area contributed by atoms with E-state index in [0.717, 1.165) is 10.9 Å². The van der Waals surface area contributed by atoms with Gasteiger partial charge in [0.15, 0.2) is 9.84 Å². The first-order valence-corrected chi connectivity index (χ1v) is 8.82. The Labute approximate surface area is 128 Å². The van der Waals surface area contributed by atoms with E-state index in [1.54, 1.807) is 20.1 Å². The fourth-order valence-corrected chi connectivity index (χ4v) is 4.90. The van der Waals surface area contributed by atoms with Crippen molar-refractivity contribution in [3.8, 4) is 5.75 Å². The van der Waals surface area contributed by atoms with Crippen molar-refractivity contribution >= 4 is 26.6 Å². The van der Waals surface area contributed by atoms with Gasteiger partial charge in [0.25, 0.3) is 5.91 Å². The Morgan fingerprint density at radius 3 is 2.77 bits per heavy atom. The summed E-state index contributed by atoms with van der Waals surface area (Å²) in [7, 11) is -1.47. The molecule has 1 saturated heterocycles. The molecule has 3 rings (SSSR count). The highest BCUT2D eigenvalue weighted by Crippen LogP contribution is 2.25. The minimum absolute atomic E-state index is 0.0141. The minimum Gasteiger partial charge on any atom is -0.497 e. The smallest absolute Gasteiger partial charge is 0.268 e. The van der Waals surface area contributed by atoms with Crippen molar-refractivity contribution in [3.63, 3.8) is 0 Å². The van der Waals surface area contributed by atoms with Crippen molar-refractivity contribution in [1.29, 1.82) is 0 Å². The number of aromatic amines is 1. The van der Waals surface area contributed by atoms with Crippen LogP contribution in [0.2, 0.25) is 0 Å². The van der Waals surface area contributed by atoms with Crippen LogP contribution < -0.4 is 10.1 Å². The molecule has 1 aromatic heterocycles. The number of aromatic nitrogens is 1. The highest BCUT2D eigenvalue weighted by atomic mass is 32.2. The SMILES string of the molecule is COc1ccc2cc(C(=O)N[C@]3(C)CCS(=O)(=O)C3)[nH]c2c1. The summed E-state index contributed by atoms with van der Waals surface area (Å²) in [5.74, 6) is 0.512. The summed E-state index contributed by atoms with van der Waals surface area (Å²) >= 11 is 0. The molecule has 1 amide bonds. The number of amides is 1. The van der Waals surface area contributed by atoms with Gasteiger partial charge in [-0.3, -0.25) is 4.79 Å². The lowest BCUT2D eigenvalue weighted by Gasteiger charge is -2.23. The second kappa shape index (κ2) is 5.01. The van der Waals surface area contributed by atoms with Crippen LogP contribution in [0, 0.1) is 0 Å². The van der Waals surface area contributed by atoms with E-state index < -0.39 is 15.4 Å². The highest BCUT2D eigenvalue weighted by Gasteiger charge is 2.39. The quantitative estimate of drug-likeness (QED) is 0.896. The molecule has 0 radical (unpaired) electrons. The molecule has 1 aliphatic rings. The maximum absolute atomic E-state index is 12.4. The van der Waals surface area contributed by atoms with Crippen molar-refractivity contribution in [2.24, 2.45) is 0 Å². The molecule has 1 fully saturated rings. The zero-order valence-corrected chi connectivity index (χ0v) is 13.3. The van der Waals surface area contributed by atoms with Gasteiger partial charge in [-0.25, -0.2) is 8.42 Å². The number of rotatable bonds is 3. The molecule has 2 aromatic rings. The fraction of sp³-hybridized carbons (Fsp3) is 0.400. The lowest BCUT2D eigenvalue weighted by atomic mass is 10.0. The van der Waals surface area contributed by atoms with Gasteiger partial charge in [0.2, 0.25) is 0 Å². The summed E-state index contributed by atoms with van der Waals surface area (Å²) in [6, 6.07) is 7.25. The Morgan fingerprint density at radius 1 is 1.36 bits per heavy atom. The summed E-state index contributed by atoms with van der Waals surface area (Å²) in [5.41, 5.74) is 0.507. The number of nitrogens with one attached hydrogen (secondary N) is 2. The molecule has 0 unspecified atom stereocenters. The van der Waals surface area contributed by atoms with Crippen LogP contribution in [-0.2, 0) is 9.84 Å². The van der Waals surface area contributed by atoms with Gasteiger partial charge in [-0.2, -0.15) is 0 Å². The molecule has 0 aliphatic carbocycles. The Morgan fingerprint density at radius 2 is 2.14 bits per heavy atom. The second-order valence-electron chi connectivity index (χ2n) is 5.99. The largest absolute Gasteiger partial charge is 0.497 e. The summed E-state index contributed by atoms with van der Waals surface area (Å²) in [4.78, 5) is 15.4. The van der Waals surface area contributed by atoms with Gasteiger partial charge < -0.3 is 15.0 Å². The second-order valence-corrected chi connectivity index (χ2v) is 8.18. The van der Waals surface area contributed by atoms with Gasteiger partial charge in [0, 0.05) is 17.0 Å². The maximum Gasteiger partial charge on any atom is 0.268 e. The van der Waals surface area contributed by atoms with Crippen LogP contribution in [0.5, 0.6) is 5.75 Å². The third-order valence-corrected chi connectivity index (χ3v) is 5.90. The number of hydrogen-bond acceptors (Lipinski definition) is 4. The first-order valence-electron chi connectivity index (χ1n) is 7.00. The highest BCUT2D eigenvalue weighted by molar-refractivity contribution is 7.91. The molecule has 6 nitrogen and oxygen atoms in total. The number of sulfone groups is 1. The van der Waals surface area contributed by atoms with E-state index >= 15 is 0 Å². The van der Waals surface area contributed by atoms with Crippen LogP contribution in [-0.4, -0.2) is 43.5 Å². The monoisotopic (exact) mass is 322 g/mol. The molecule has 1 atom stereocenters. The van der Waals surface area contributed by atoms with Gasteiger partial charge in [-0.15, -0.1) is 0 Å². The van der Waals surface area contributed by atoms with Gasteiger partial charge in [-0.1, -0.05) is 0 Å². The molecule has 0 saturated carbocycles. The molecular formula is C15H18N2O4S. The fourth-order valence-electron chi connectivity index (χ4n) is 2.81. The third kappa shape index (κ3) is 2.81. The van der Waals surface area contributed by atoms with E-state index in [2.05, 4.69) is 10.3 Å². The lowest BCUT2D eigenvalue weighted by molar-refractivity contribution is 0.0911. The summed E-state index contributed by atoms with van der Waals surface area (Å²) in [6.45, 7) is 1.77. The van der Waals surface area contributed by atoms with Crippen molar-refractivity contribution in [3.05, 3.63) is 30.0 Å². The number of carbonyl (C=O) groups excluding carboxylic acids is 1. The van der Waals surface area contributed by atoms with Crippen molar-refractivity contribution in [2.45, 2.75) is 18.9 Å². The lowest BCUT2D eigenvalue weighted by Crippen LogP contribution is -2.47. The normalized spacial score (nSPS) is 23.5. The van der Waals surface area contributed by atoms with Crippen LogP contribution in [0.25, 0.3) is 10.9 Å². The Kier molecular flexibility index (Phi) is 3.40. The zero-order valence-electron chi connectivity index (χ0n) is 12.5. The van der Waals surface area contributed by atoms with Crippen LogP contribution in [0.1, 0.15) is 23.8 Å². The van der Waals surface area contributed by atoms with E-state index in [1.807, 2.05) is 18.2 Å². The van der Waals surface area contributed by atoms with Crippen LogP contribution in [0.15, 0.2) is 24.3 Å². The zero-order chi connectivity index (χ0) is 16.0. The van der Waals surface area contributed by atoms with E-state index in [9.17, 15) is 13.2 Å². The first kappa shape index (κ1) is 14.9. The van der Waals surface area contributed by atoms with E-state index in [-0.39, 0.29) is 17.4 Å². The number of ether oxygens (including phenoxy) is 1. The van der Waals surface area contributed by atoms with Crippen molar-refractivity contribution in [1.82, 2.24) is 10.3 Å². The molecule has 22 heavy (non-hydrogen) atoms. The topological polar surface area (TPSA) is 88.3 Å². The molecule has 0 spiro atoms. The first-order chi connectivity index (χ1) is 10.3. The van der Waals surface area contributed by atoms with Crippen LogP contribution >= 0.6 is 0 Å². The molecule has 0 bridgehead atoms. The van der Waals surface area contributed by atoms with Crippen molar-refractivity contribution in [2.75, 3.05) is 18.6 Å². The molecule has 7 heteroatoms. The number of fused-ring (bicyclic) bond motifs is 1. The molecule has 2 N–H and O–H groups in total. The summed E-state index contributed by atoms with van der Waals surface area (Å²) in [6.07, 6.45) is 0.440. The number of benzene rings is 1. The number of methoxy groups -OCH3 is 1. The van der Waals surface area contributed by atoms with Crippen LogP contribution in [0.3, 0.4) is 0 Å². The van der Waals surface area contributed by atoms with Gasteiger partial charge in [0.1, 0.15) is 11.4 Å². The van der Waals surface area contributed by atoms with Crippen LogP contribution in [0.4, 0.5) is 0 Å². The Balaban J connectivity index is 1.83. The standard InChI is InChI=1S/C15H18N2O4S/c1-15(5-6-22(19,20)9-15)17-14(18)13-7-10-3-4-11(21-2)8-12(10)16-13/h3-4,7-8,16H,5-6,9H2,1-2H3,(H,17,18)/t15-/m1/s1. The third-order valence-electron chi connectivity index (χ3n) is 3.99. The van der Waals surface area contributed by atoms with E-state index in [4.69, 9.17) is 4.74 Å². The van der Waals surface area contributed by atoms with Crippen molar-refractivity contribution < 1.29 is 17.9 Å². The minimum atomic E-state index is -3.06. The number of H-pyrrole nitrogens is 1. The number of carbonyl (C=O) groups is 1. The average Bonchev–Trinajstić information content (AvgIpc) is 2.98. The summed E-state index contributed by atoms with van der Waals surface area (Å²) in [5, 5.41) is 3.73. The molecule has 2 heterocycles. The average molecular weight is 322 g/mol. The predicted octanol–water partition coefficient (Wildman–Crippen LogP) is 1.48. The molecule has 118 valence electrons.